The summed E-state index contributed by atoms with van der Waals surface area (Å²) in [6.07, 6.45) is 0. The second-order valence-corrected chi connectivity index (χ2v) is 6.05. The lowest BCUT2D eigenvalue weighted by Gasteiger charge is -2.16. The van der Waals surface area contributed by atoms with Crippen LogP contribution in [0.3, 0.4) is 0 Å². The van der Waals surface area contributed by atoms with Crippen LogP contribution in [-0.2, 0) is 28.7 Å². The Morgan fingerprint density at radius 2 is 1.73 bits per heavy atom. The third-order valence-corrected chi connectivity index (χ3v) is 4.95. The summed E-state index contributed by atoms with van der Waals surface area (Å²) in [4.78, 5) is 48.0. The molecule has 0 aliphatic heterocycles. The highest BCUT2D eigenvalue weighted by Crippen LogP contribution is 2.75. The maximum absolute atomic E-state index is 12.7. The summed E-state index contributed by atoms with van der Waals surface area (Å²) in [7, 11) is 0. The molecule has 0 aromatic rings. The van der Waals surface area contributed by atoms with Crippen LogP contribution in [0, 0.1) is 29.6 Å². The van der Waals surface area contributed by atoms with Crippen molar-refractivity contribution < 1.29 is 28.7 Å². The number of nitrogens with one attached hydrogen (secondary N) is 1. The molecule has 0 saturated heterocycles. The summed E-state index contributed by atoms with van der Waals surface area (Å²) in [5.41, 5.74) is -1.16. The number of ether oxygens (including phenoxy) is 2. The van der Waals surface area contributed by atoms with Crippen molar-refractivity contribution >= 4 is 23.6 Å². The summed E-state index contributed by atoms with van der Waals surface area (Å²) < 4.78 is 9.99. The molecule has 0 aromatic heterocycles. The maximum atomic E-state index is 12.7. The first kappa shape index (κ1) is 15.0. The monoisotopic (exact) mass is 309 g/mol. The smallest absolute Gasteiger partial charge is 0.312 e. The second-order valence-electron chi connectivity index (χ2n) is 6.05. The van der Waals surface area contributed by atoms with Gasteiger partial charge in [0.1, 0.15) is 5.54 Å². The zero-order chi connectivity index (χ0) is 16.2. The third kappa shape index (κ3) is 1.74. The van der Waals surface area contributed by atoms with Gasteiger partial charge in [0.15, 0.2) is 5.78 Å². The summed E-state index contributed by atoms with van der Waals surface area (Å²) >= 11 is 0. The highest BCUT2D eigenvalue weighted by molar-refractivity contribution is 6.11. The molecular formula is C15H19NO6. The Kier molecular flexibility index (Phi) is 3.27. The van der Waals surface area contributed by atoms with Gasteiger partial charge in [0.2, 0.25) is 5.91 Å². The van der Waals surface area contributed by atoms with E-state index in [0.717, 1.165) is 0 Å². The number of carbonyl (C=O) groups excluding carboxylic acids is 4. The van der Waals surface area contributed by atoms with Crippen molar-refractivity contribution in [3.8, 4) is 0 Å². The molecule has 0 bridgehead atoms. The van der Waals surface area contributed by atoms with Gasteiger partial charge in [0, 0.05) is 18.8 Å². The Labute approximate surface area is 127 Å². The predicted octanol–water partition coefficient (Wildman–Crippen LogP) is -0.322. The van der Waals surface area contributed by atoms with Crippen LogP contribution < -0.4 is 5.32 Å². The number of esters is 2. The largest absolute Gasteiger partial charge is 0.466 e. The Morgan fingerprint density at radius 3 is 2.27 bits per heavy atom. The first-order valence-corrected chi connectivity index (χ1v) is 7.58. The molecule has 0 radical (unpaired) electrons. The highest BCUT2D eigenvalue weighted by Gasteiger charge is 2.90. The van der Waals surface area contributed by atoms with Gasteiger partial charge < -0.3 is 14.8 Å². The van der Waals surface area contributed by atoms with Gasteiger partial charge in [-0.1, -0.05) is 0 Å². The SMILES string of the molecule is CCOC(=O)[C@H]1[C@@H]2C(=O)[C@]3(NC(C)=O)[C@H]([C@H]12)[C@H]3C(=O)OCC. The quantitative estimate of drug-likeness (QED) is 0.699. The maximum Gasteiger partial charge on any atom is 0.312 e. The van der Waals surface area contributed by atoms with E-state index in [1.54, 1.807) is 13.8 Å². The van der Waals surface area contributed by atoms with Gasteiger partial charge in [0.25, 0.3) is 0 Å². The summed E-state index contributed by atoms with van der Waals surface area (Å²) in [5.74, 6) is -3.60. The molecule has 3 rings (SSSR count). The fraction of sp³-hybridized carbons (Fsp3) is 0.733. The zero-order valence-electron chi connectivity index (χ0n) is 12.8. The van der Waals surface area contributed by atoms with Crippen molar-refractivity contribution in [2.45, 2.75) is 26.3 Å². The van der Waals surface area contributed by atoms with E-state index in [1.165, 1.54) is 6.92 Å². The van der Waals surface area contributed by atoms with Gasteiger partial charge in [-0.2, -0.15) is 0 Å². The first-order valence-electron chi connectivity index (χ1n) is 7.58. The third-order valence-electron chi connectivity index (χ3n) is 4.95. The fourth-order valence-electron chi connectivity index (χ4n) is 4.27. The summed E-state index contributed by atoms with van der Waals surface area (Å²) in [6, 6.07) is 0. The molecule has 0 aromatic carbocycles. The molecule has 3 fully saturated rings. The molecule has 3 saturated carbocycles. The van der Waals surface area contributed by atoms with E-state index < -0.39 is 35.2 Å². The number of ketones is 1. The second kappa shape index (κ2) is 4.79. The minimum absolute atomic E-state index is 0.210. The Hall–Kier alpha value is -1.92. The van der Waals surface area contributed by atoms with Gasteiger partial charge >= 0.3 is 11.9 Å². The van der Waals surface area contributed by atoms with E-state index in [1.807, 2.05) is 0 Å². The van der Waals surface area contributed by atoms with Crippen LogP contribution in [0.25, 0.3) is 0 Å². The van der Waals surface area contributed by atoms with Crippen molar-refractivity contribution in [3.05, 3.63) is 0 Å². The van der Waals surface area contributed by atoms with Crippen LogP contribution in [0.15, 0.2) is 0 Å². The molecule has 3 aliphatic rings. The van der Waals surface area contributed by atoms with E-state index in [9.17, 15) is 19.2 Å². The van der Waals surface area contributed by atoms with Crippen LogP contribution in [0.4, 0.5) is 0 Å². The lowest BCUT2D eigenvalue weighted by molar-refractivity contribution is -0.147. The molecule has 0 heterocycles. The molecular weight excluding hydrogens is 290 g/mol. The molecule has 1 amide bonds. The number of hydrogen-bond acceptors (Lipinski definition) is 6. The minimum Gasteiger partial charge on any atom is -0.466 e. The van der Waals surface area contributed by atoms with Crippen LogP contribution in [0.2, 0.25) is 0 Å². The molecule has 1 N–H and O–H groups in total. The lowest BCUT2D eigenvalue weighted by atomic mass is 10.0. The first-order chi connectivity index (χ1) is 10.4. The normalized spacial score (nSPS) is 40.3. The lowest BCUT2D eigenvalue weighted by Crippen LogP contribution is -2.46. The molecule has 6 atom stereocenters. The number of amides is 1. The van der Waals surface area contributed by atoms with E-state index in [2.05, 4.69) is 5.32 Å². The summed E-state index contributed by atoms with van der Waals surface area (Å²) in [6.45, 7) is 5.17. The van der Waals surface area contributed by atoms with Gasteiger partial charge in [-0.3, -0.25) is 19.2 Å². The molecule has 0 unspecified atom stereocenters. The Balaban J connectivity index is 1.82. The molecule has 22 heavy (non-hydrogen) atoms. The number of fused-ring (bicyclic) bond motifs is 3. The van der Waals surface area contributed by atoms with Crippen molar-refractivity contribution in [3.63, 3.8) is 0 Å². The molecule has 0 spiro atoms. The average molecular weight is 309 g/mol. The van der Waals surface area contributed by atoms with Crippen LogP contribution >= 0.6 is 0 Å². The van der Waals surface area contributed by atoms with Crippen molar-refractivity contribution in [2.24, 2.45) is 29.6 Å². The van der Waals surface area contributed by atoms with E-state index in [-0.39, 0.29) is 36.7 Å². The van der Waals surface area contributed by atoms with Crippen molar-refractivity contribution in [2.75, 3.05) is 13.2 Å². The Morgan fingerprint density at radius 1 is 1.14 bits per heavy atom. The molecule has 7 heteroatoms. The predicted molar refractivity (Wildman–Crippen MR) is 72.3 cm³/mol. The van der Waals surface area contributed by atoms with Crippen LogP contribution in [-0.4, -0.2) is 42.4 Å². The van der Waals surface area contributed by atoms with Gasteiger partial charge in [-0.15, -0.1) is 0 Å². The molecule has 120 valence electrons. The number of hydrogen-bond donors (Lipinski definition) is 1. The van der Waals surface area contributed by atoms with Gasteiger partial charge in [0.05, 0.1) is 25.0 Å². The van der Waals surface area contributed by atoms with Gasteiger partial charge in [-0.05, 0) is 19.8 Å². The van der Waals surface area contributed by atoms with E-state index in [0.29, 0.717) is 0 Å². The minimum atomic E-state index is -1.16. The van der Waals surface area contributed by atoms with Gasteiger partial charge in [-0.25, -0.2) is 0 Å². The number of Topliss-reactive ketones (excluding diaryl/α,β-unsaturated/α-hetero) is 1. The topological polar surface area (TPSA) is 98.8 Å². The molecule has 3 aliphatic carbocycles. The van der Waals surface area contributed by atoms with Crippen molar-refractivity contribution in [1.82, 2.24) is 5.32 Å². The van der Waals surface area contributed by atoms with E-state index >= 15 is 0 Å². The number of rotatable bonds is 5. The van der Waals surface area contributed by atoms with Crippen molar-refractivity contribution in [1.29, 1.82) is 0 Å². The van der Waals surface area contributed by atoms with Crippen LogP contribution in [0.5, 0.6) is 0 Å². The molecule has 7 nitrogen and oxygen atoms in total. The van der Waals surface area contributed by atoms with E-state index in [4.69, 9.17) is 9.47 Å². The highest BCUT2D eigenvalue weighted by atomic mass is 16.5. The fourth-order valence-corrected chi connectivity index (χ4v) is 4.27. The average Bonchev–Trinajstić information content (AvgIpc) is 3.27. The standard InChI is InChI=1S/C15H19NO6/c1-4-21-13(19)9-7-8(9)12(18)15(16-6(3)17)10(7)11(15)14(20)22-5-2/h7-11H,4-5H2,1-3H3,(H,16,17)/t7-,8+,9+,10+,11-,15-/m0/s1. The Bertz CT molecular complexity index is 572. The zero-order valence-corrected chi connectivity index (χ0v) is 12.8. The summed E-state index contributed by atoms with van der Waals surface area (Å²) in [5, 5.41) is 2.64. The number of carbonyl (C=O) groups is 4. The van der Waals surface area contributed by atoms with Crippen LogP contribution in [0.1, 0.15) is 20.8 Å².